The Morgan fingerprint density at radius 1 is 1.52 bits per heavy atom. The van der Waals surface area contributed by atoms with E-state index in [-0.39, 0.29) is 5.92 Å². The average molecular weight is 324 g/mol. The quantitative estimate of drug-likeness (QED) is 0.837. The van der Waals surface area contributed by atoms with Gasteiger partial charge < -0.3 is 5.11 Å². The SMILES string of the molecule is CC(C)C[C@@H](C(=O)O)n1cc(CCC2CC(C)(F)C2)ncc1=O. The molecule has 0 aromatic carbocycles. The van der Waals surface area contributed by atoms with Crippen LogP contribution in [-0.2, 0) is 11.2 Å². The molecule has 1 saturated carbocycles. The largest absolute Gasteiger partial charge is 0.480 e. The van der Waals surface area contributed by atoms with Crippen molar-refractivity contribution in [2.75, 3.05) is 0 Å². The van der Waals surface area contributed by atoms with Crippen molar-refractivity contribution in [3.05, 3.63) is 28.4 Å². The maximum atomic E-state index is 13.5. The number of aromatic nitrogens is 2. The number of carboxylic acid groups (broad SMARTS) is 1. The Labute approximate surface area is 135 Å². The zero-order valence-corrected chi connectivity index (χ0v) is 14.0. The summed E-state index contributed by atoms with van der Waals surface area (Å²) in [5.74, 6) is -0.500. The van der Waals surface area contributed by atoms with Crippen molar-refractivity contribution in [2.45, 2.75) is 64.6 Å². The van der Waals surface area contributed by atoms with Crippen molar-refractivity contribution in [3.63, 3.8) is 0 Å². The van der Waals surface area contributed by atoms with Crippen LogP contribution in [-0.4, -0.2) is 26.3 Å². The molecule has 1 atom stereocenters. The summed E-state index contributed by atoms with van der Waals surface area (Å²) in [6.07, 6.45) is 5.71. The highest BCUT2D eigenvalue weighted by atomic mass is 19.1. The molecule has 0 bridgehead atoms. The van der Waals surface area contributed by atoms with Crippen molar-refractivity contribution in [1.82, 2.24) is 9.55 Å². The van der Waals surface area contributed by atoms with Crippen LogP contribution in [0.3, 0.4) is 0 Å². The highest BCUT2D eigenvalue weighted by Crippen LogP contribution is 2.42. The van der Waals surface area contributed by atoms with Gasteiger partial charge in [0.15, 0.2) is 0 Å². The van der Waals surface area contributed by atoms with Crippen LogP contribution < -0.4 is 5.56 Å². The summed E-state index contributed by atoms with van der Waals surface area (Å²) < 4.78 is 14.8. The van der Waals surface area contributed by atoms with E-state index < -0.39 is 23.2 Å². The lowest BCUT2D eigenvalue weighted by atomic mass is 9.71. The number of aliphatic carboxylic acids is 1. The molecule has 1 aromatic rings. The standard InChI is InChI=1S/C17H25FN2O3/c1-11(2)6-14(16(22)23)20-10-13(19-9-15(20)21)5-4-12-7-17(3,18)8-12/h9-12,14H,4-8H2,1-3H3,(H,22,23)/t12?,14-,17?/m0/s1. The third kappa shape index (κ3) is 4.62. The van der Waals surface area contributed by atoms with Crippen molar-refractivity contribution in [3.8, 4) is 0 Å². The van der Waals surface area contributed by atoms with Gasteiger partial charge in [0.05, 0.1) is 11.9 Å². The lowest BCUT2D eigenvalue weighted by molar-refractivity contribution is -0.141. The zero-order chi connectivity index (χ0) is 17.2. The van der Waals surface area contributed by atoms with Crippen LogP contribution >= 0.6 is 0 Å². The molecule has 0 aliphatic heterocycles. The van der Waals surface area contributed by atoms with Gasteiger partial charge in [0.25, 0.3) is 5.56 Å². The van der Waals surface area contributed by atoms with E-state index >= 15 is 0 Å². The molecule has 1 aromatic heterocycles. The van der Waals surface area contributed by atoms with Crippen LogP contribution in [0.15, 0.2) is 17.2 Å². The van der Waals surface area contributed by atoms with Crippen LogP contribution in [0.1, 0.15) is 58.2 Å². The first-order chi connectivity index (χ1) is 10.7. The fraction of sp³-hybridized carbons (Fsp3) is 0.706. The Morgan fingerprint density at radius 2 is 2.17 bits per heavy atom. The predicted octanol–water partition coefficient (Wildman–Crippen LogP) is 2.99. The summed E-state index contributed by atoms with van der Waals surface area (Å²) in [6.45, 7) is 5.46. The minimum atomic E-state index is -1.04. The van der Waals surface area contributed by atoms with E-state index in [9.17, 15) is 19.1 Å². The molecule has 1 fully saturated rings. The Balaban J connectivity index is 2.08. The van der Waals surface area contributed by atoms with Crippen LogP contribution in [0.4, 0.5) is 4.39 Å². The molecule has 1 aliphatic carbocycles. The predicted molar refractivity (Wildman–Crippen MR) is 85.2 cm³/mol. The maximum absolute atomic E-state index is 13.5. The second kappa shape index (κ2) is 6.81. The molecule has 23 heavy (non-hydrogen) atoms. The molecule has 1 N–H and O–H groups in total. The van der Waals surface area contributed by atoms with E-state index in [0.717, 1.165) is 6.42 Å². The highest BCUT2D eigenvalue weighted by Gasteiger charge is 2.39. The molecule has 0 amide bonds. The minimum absolute atomic E-state index is 0.164. The molecule has 1 heterocycles. The number of hydrogen-bond donors (Lipinski definition) is 1. The summed E-state index contributed by atoms with van der Waals surface area (Å²) >= 11 is 0. The number of alkyl halides is 1. The number of aryl methyl sites for hydroxylation is 1. The van der Waals surface area contributed by atoms with Gasteiger partial charge in [-0.2, -0.15) is 0 Å². The van der Waals surface area contributed by atoms with E-state index in [1.807, 2.05) is 13.8 Å². The monoisotopic (exact) mass is 324 g/mol. The second-order valence-corrected chi connectivity index (χ2v) is 7.33. The molecule has 0 unspecified atom stereocenters. The Kier molecular flexibility index (Phi) is 5.22. The van der Waals surface area contributed by atoms with Crippen molar-refractivity contribution in [1.29, 1.82) is 0 Å². The van der Waals surface area contributed by atoms with Gasteiger partial charge in [-0.3, -0.25) is 14.3 Å². The Bertz CT molecular complexity index is 617. The normalized spacial score (nSPS) is 25.2. The van der Waals surface area contributed by atoms with Gasteiger partial charge in [0.2, 0.25) is 0 Å². The van der Waals surface area contributed by atoms with Gasteiger partial charge in [-0.15, -0.1) is 0 Å². The molecule has 0 saturated heterocycles. The van der Waals surface area contributed by atoms with E-state index in [1.54, 1.807) is 13.1 Å². The van der Waals surface area contributed by atoms with Gasteiger partial charge in [-0.05, 0) is 50.9 Å². The van der Waals surface area contributed by atoms with E-state index in [4.69, 9.17) is 0 Å². The zero-order valence-electron chi connectivity index (χ0n) is 14.0. The van der Waals surface area contributed by atoms with Crippen LogP contribution in [0, 0.1) is 11.8 Å². The minimum Gasteiger partial charge on any atom is -0.480 e. The first-order valence-corrected chi connectivity index (χ1v) is 8.17. The van der Waals surface area contributed by atoms with Crippen molar-refractivity contribution in [2.24, 2.45) is 11.8 Å². The number of carbonyl (C=O) groups is 1. The molecule has 1 aliphatic rings. The fourth-order valence-electron chi connectivity index (χ4n) is 3.32. The lowest BCUT2D eigenvalue weighted by Gasteiger charge is -2.38. The molecule has 6 heteroatoms. The molecule has 2 rings (SSSR count). The van der Waals surface area contributed by atoms with Crippen LogP contribution in [0.2, 0.25) is 0 Å². The first-order valence-electron chi connectivity index (χ1n) is 8.17. The summed E-state index contributed by atoms with van der Waals surface area (Å²) in [6, 6.07) is -0.873. The van der Waals surface area contributed by atoms with Gasteiger partial charge in [-0.25, -0.2) is 9.18 Å². The second-order valence-electron chi connectivity index (χ2n) is 7.33. The third-order valence-corrected chi connectivity index (χ3v) is 4.44. The summed E-state index contributed by atoms with van der Waals surface area (Å²) in [7, 11) is 0. The average Bonchev–Trinajstić information content (AvgIpc) is 2.41. The number of hydrogen-bond acceptors (Lipinski definition) is 3. The number of rotatable bonds is 7. The maximum Gasteiger partial charge on any atom is 0.326 e. The van der Waals surface area contributed by atoms with Crippen LogP contribution in [0.25, 0.3) is 0 Å². The topological polar surface area (TPSA) is 72.2 Å². The molecule has 128 valence electrons. The van der Waals surface area contributed by atoms with Crippen LogP contribution in [0.5, 0.6) is 0 Å². The van der Waals surface area contributed by atoms with Gasteiger partial charge in [0.1, 0.15) is 11.7 Å². The summed E-state index contributed by atoms with van der Waals surface area (Å²) in [5.41, 5.74) is -0.753. The number of carboxylic acids is 1. The Hall–Kier alpha value is -1.72. The van der Waals surface area contributed by atoms with E-state index in [0.29, 0.717) is 37.3 Å². The van der Waals surface area contributed by atoms with Gasteiger partial charge >= 0.3 is 5.97 Å². The molecule has 0 radical (unpaired) electrons. The summed E-state index contributed by atoms with van der Waals surface area (Å²) in [4.78, 5) is 27.6. The van der Waals surface area contributed by atoms with Crippen molar-refractivity contribution < 1.29 is 14.3 Å². The molecular formula is C17H25FN2O3. The van der Waals surface area contributed by atoms with Crippen molar-refractivity contribution >= 4 is 5.97 Å². The van der Waals surface area contributed by atoms with Gasteiger partial charge in [-0.1, -0.05) is 13.8 Å². The third-order valence-electron chi connectivity index (χ3n) is 4.44. The first kappa shape index (κ1) is 17.6. The number of nitrogens with zero attached hydrogens (tertiary/aromatic N) is 2. The fourth-order valence-corrected chi connectivity index (χ4v) is 3.32. The van der Waals surface area contributed by atoms with E-state index in [1.165, 1.54) is 10.8 Å². The van der Waals surface area contributed by atoms with E-state index in [2.05, 4.69) is 4.98 Å². The highest BCUT2D eigenvalue weighted by molar-refractivity contribution is 5.71. The van der Waals surface area contributed by atoms with Gasteiger partial charge in [0, 0.05) is 6.20 Å². The summed E-state index contributed by atoms with van der Waals surface area (Å²) in [5, 5.41) is 9.39. The lowest BCUT2D eigenvalue weighted by Crippen LogP contribution is -2.37. The molecule has 5 nitrogen and oxygen atoms in total. The smallest absolute Gasteiger partial charge is 0.326 e. The Morgan fingerprint density at radius 3 is 2.70 bits per heavy atom. The molecular weight excluding hydrogens is 299 g/mol. The molecule has 0 spiro atoms. The number of halogens is 1.